The molecule has 34 heavy (non-hydrogen) atoms. The van der Waals surface area contributed by atoms with Crippen molar-refractivity contribution in [3.63, 3.8) is 0 Å². The Bertz CT molecular complexity index is 1050. The Morgan fingerprint density at radius 2 is 1.94 bits per heavy atom. The van der Waals surface area contributed by atoms with Crippen molar-refractivity contribution in [1.82, 2.24) is 10.3 Å². The van der Waals surface area contributed by atoms with Gasteiger partial charge in [-0.1, -0.05) is 24.3 Å². The number of anilines is 1. The number of aromatic nitrogens is 1. The van der Waals surface area contributed by atoms with Crippen LogP contribution in [0.25, 0.3) is 0 Å². The lowest BCUT2D eigenvalue weighted by Gasteiger charge is -2.40. The number of ether oxygens (including phenoxy) is 1. The molecule has 11 heteroatoms. The van der Waals surface area contributed by atoms with Gasteiger partial charge in [-0.05, 0) is 50.6 Å². The van der Waals surface area contributed by atoms with E-state index in [0.717, 1.165) is 0 Å². The zero-order chi connectivity index (χ0) is 24.6. The summed E-state index contributed by atoms with van der Waals surface area (Å²) in [7, 11) is -3.35. The maximum Gasteiger partial charge on any atom is 0.316 e. The van der Waals surface area contributed by atoms with E-state index in [2.05, 4.69) is 10.3 Å². The van der Waals surface area contributed by atoms with E-state index in [1.54, 1.807) is 66.6 Å². The second-order valence-corrected chi connectivity index (χ2v) is 10.2. The minimum Gasteiger partial charge on any atom is -0.466 e. The van der Waals surface area contributed by atoms with Crippen molar-refractivity contribution >= 4 is 21.6 Å². The number of esters is 1. The molecule has 1 aliphatic rings. The van der Waals surface area contributed by atoms with Crippen LogP contribution in [-0.4, -0.2) is 62.0 Å². The molecular formula is C23H30N4O6S. The van der Waals surface area contributed by atoms with Crippen LogP contribution < -0.4 is 10.2 Å². The summed E-state index contributed by atoms with van der Waals surface area (Å²) in [6.45, 7) is 2.31. The lowest BCUT2D eigenvalue weighted by atomic mass is 9.89. The third-order valence-electron chi connectivity index (χ3n) is 5.83. The molecule has 2 aromatic rings. The molecule has 0 amide bonds. The number of pyridine rings is 1. The summed E-state index contributed by atoms with van der Waals surface area (Å²) in [6, 6.07) is 12.5. The van der Waals surface area contributed by atoms with E-state index in [1.807, 2.05) is 0 Å². The summed E-state index contributed by atoms with van der Waals surface area (Å²) in [6.07, 6.45) is 2.45. The highest BCUT2D eigenvalue weighted by atomic mass is 32.2. The number of carbonyl (C=O) groups excluding carboxylic acids is 1. The van der Waals surface area contributed by atoms with Gasteiger partial charge in [0.25, 0.3) is 0 Å². The largest absolute Gasteiger partial charge is 0.466 e. The molecular weight excluding hydrogens is 460 g/mol. The molecule has 1 aliphatic heterocycles. The number of rotatable bonds is 11. The van der Waals surface area contributed by atoms with E-state index in [9.17, 15) is 23.3 Å². The van der Waals surface area contributed by atoms with Crippen LogP contribution in [0.3, 0.4) is 0 Å². The zero-order valence-electron chi connectivity index (χ0n) is 19.1. The zero-order valence-corrected chi connectivity index (χ0v) is 19.9. The van der Waals surface area contributed by atoms with E-state index in [1.165, 1.54) is 0 Å². The van der Waals surface area contributed by atoms with Gasteiger partial charge in [-0.15, -0.1) is 0 Å². The molecule has 1 fully saturated rings. The van der Waals surface area contributed by atoms with Crippen LogP contribution in [0.15, 0.2) is 59.6 Å². The molecule has 3 atom stereocenters. The van der Waals surface area contributed by atoms with Crippen molar-refractivity contribution < 1.29 is 22.9 Å². The standard InChI is InChI=1S/C23H30N4O6S/c1-2-33-23(28)19-16-22(26(17-20(19)27(29)30)21-12-6-7-13-24-21)25-14-8-9-15-34(31,32)18-10-4-3-5-11-18/h3-7,10-13,19-20,22,25H,2,8-9,14-17H2,1H3. The van der Waals surface area contributed by atoms with Gasteiger partial charge in [0, 0.05) is 17.5 Å². The molecule has 2 heterocycles. The maximum atomic E-state index is 12.5. The van der Waals surface area contributed by atoms with Crippen LogP contribution in [0.5, 0.6) is 0 Å². The second-order valence-electron chi connectivity index (χ2n) is 8.10. The Kier molecular flexibility index (Phi) is 8.94. The van der Waals surface area contributed by atoms with Crippen LogP contribution in [-0.2, 0) is 19.4 Å². The Hall–Kier alpha value is -3.05. The number of hydrogen-bond acceptors (Lipinski definition) is 9. The lowest BCUT2D eigenvalue weighted by molar-refractivity contribution is -0.529. The first-order valence-electron chi connectivity index (χ1n) is 11.3. The van der Waals surface area contributed by atoms with Gasteiger partial charge in [-0.3, -0.25) is 20.2 Å². The van der Waals surface area contributed by atoms with Crippen molar-refractivity contribution in [2.75, 3.05) is 30.3 Å². The quantitative estimate of drug-likeness (QED) is 0.218. The molecule has 184 valence electrons. The maximum absolute atomic E-state index is 12.5. The first kappa shape index (κ1) is 25.6. The average molecular weight is 491 g/mol. The second kappa shape index (κ2) is 11.9. The van der Waals surface area contributed by atoms with Crippen LogP contribution >= 0.6 is 0 Å². The number of piperidine rings is 1. The Morgan fingerprint density at radius 1 is 1.21 bits per heavy atom. The lowest BCUT2D eigenvalue weighted by Crippen LogP contribution is -2.60. The predicted octanol–water partition coefficient (Wildman–Crippen LogP) is 2.29. The third kappa shape index (κ3) is 6.51. The Labute approximate surface area is 199 Å². The van der Waals surface area contributed by atoms with Crippen LogP contribution in [0.4, 0.5) is 5.82 Å². The molecule has 1 aromatic carbocycles. The normalized spacial score (nSPS) is 20.6. The molecule has 1 aromatic heterocycles. The van der Waals surface area contributed by atoms with Gasteiger partial charge in [-0.2, -0.15) is 0 Å². The highest BCUT2D eigenvalue weighted by molar-refractivity contribution is 7.91. The van der Waals surface area contributed by atoms with Gasteiger partial charge in [0.05, 0.1) is 30.0 Å². The Balaban J connectivity index is 1.65. The number of nitro groups is 1. The minimum atomic E-state index is -3.35. The molecule has 3 unspecified atom stereocenters. The topological polar surface area (TPSA) is 132 Å². The van der Waals surface area contributed by atoms with E-state index >= 15 is 0 Å². The van der Waals surface area contributed by atoms with Gasteiger partial charge in [0.1, 0.15) is 11.7 Å². The number of benzene rings is 1. The van der Waals surface area contributed by atoms with E-state index in [0.29, 0.717) is 30.1 Å². The molecule has 0 bridgehead atoms. The van der Waals surface area contributed by atoms with Crippen molar-refractivity contribution in [3.05, 3.63) is 64.8 Å². The van der Waals surface area contributed by atoms with Gasteiger partial charge < -0.3 is 9.64 Å². The van der Waals surface area contributed by atoms with E-state index in [-0.39, 0.29) is 31.5 Å². The fourth-order valence-electron chi connectivity index (χ4n) is 4.10. The van der Waals surface area contributed by atoms with Crippen molar-refractivity contribution in [3.8, 4) is 0 Å². The Morgan fingerprint density at radius 3 is 2.59 bits per heavy atom. The molecule has 0 spiro atoms. The molecule has 1 N–H and O–H groups in total. The summed E-state index contributed by atoms with van der Waals surface area (Å²) in [5.41, 5.74) is 0. The SMILES string of the molecule is CCOC(=O)C1CC(NCCCCS(=O)(=O)c2ccccc2)N(c2ccccn2)CC1[N+](=O)[O-]. The van der Waals surface area contributed by atoms with Crippen molar-refractivity contribution in [2.45, 2.75) is 43.3 Å². The van der Waals surface area contributed by atoms with Crippen molar-refractivity contribution in [2.24, 2.45) is 5.92 Å². The van der Waals surface area contributed by atoms with Crippen LogP contribution in [0, 0.1) is 16.0 Å². The van der Waals surface area contributed by atoms with E-state index < -0.39 is 32.7 Å². The number of unbranched alkanes of at least 4 members (excludes halogenated alkanes) is 1. The van der Waals surface area contributed by atoms with E-state index in [4.69, 9.17) is 4.74 Å². The minimum absolute atomic E-state index is 0.00749. The van der Waals surface area contributed by atoms with Crippen LogP contribution in [0.2, 0.25) is 0 Å². The molecule has 0 aliphatic carbocycles. The fourth-order valence-corrected chi connectivity index (χ4v) is 5.49. The van der Waals surface area contributed by atoms with Crippen LogP contribution in [0.1, 0.15) is 26.2 Å². The molecule has 10 nitrogen and oxygen atoms in total. The highest BCUT2D eigenvalue weighted by Gasteiger charge is 2.47. The molecule has 1 saturated heterocycles. The first-order chi connectivity index (χ1) is 16.3. The number of carbonyl (C=O) groups is 1. The monoisotopic (exact) mass is 490 g/mol. The smallest absolute Gasteiger partial charge is 0.316 e. The number of sulfone groups is 1. The fraction of sp³-hybridized carbons (Fsp3) is 0.478. The van der Waals surface area contributed by atoms with Gasteiger partial charge >= 0.3 is 5.97 Å². The summed E-state index contributed by atoms with van der Waals surface area (Å²) in [5.74, 6) is -0.861. The average Bonchev–Trinajstić information content (AvgIpc) is 2.84. The summed E-state index contributed by atoms with van der Waals surface area (Å²) >= 11 is 0. The third-order valence-corrected chi connectivity index (χ3v) is 7.64. The molecule has 0 saturated carbocycles. The molecule has 3 rings (SSSR count). The number of nitrogens with one attached hydrogen (secondary N) is 1. The summed E-state index contributed by atoms with van der Waals surface area (Å²) in [4.78, 5) is 30.2. The van der Waals surface area contributed by atoms with Crippen molar-refractivity contribution in [1.29, 1.82) is 0 Å². The van der Waals surface area contributed by atoms with Gasteiger partial charge in [0.2, 0.25) is 6.04 Å². The number of nitrogens with zero attached hydrogens (tertiary/aromatic N) is 3. The summed E-state index contributed by atoms with van der Waals surface area (Å²) < 4.78 is 30.0. The number of hydrogen-bond donors (Lipinski definition) is 1. The summed E-state index contributed by atoms with van der Waals surface area (Å²) in [5, 5.41) is 15.1. The van der Waals surface area contributed by atoms with Gasteiger partial charge in [0.15, 0.2) is 9.84 Å². The predicted molar refractivity (Wildman–Crippen MR) is 127 cm³/mol. The highest BCUT2D eigenvalue weighted by Crippen LogP contribution is 2.28. The van der Waals surface area contributed by atoms with Gasteiger partial charge in [-0.25, -0.2) is 13.4 Å². The first-order valence-corrected chi connectivity index (χ1v) is 13.0. The molecule has 0 radical (unpaired) electrons.